The molecule has 0 saturated heterocycles. The van der Waals surface area contributed by atoms with E-state index in [0.717, 1.165) is 17.1 Å². The van der Waals surface area contributed by atoms with Gasteiger partial charge in [-0.15, -0.1) is 0 Å². The van der Waals surface area contributed by atoms with Crippen LogP contribution in [0.15, 0.2) is 97.1 Å². The van der Waals surface area contributed by atoms with Crippen LogP contribution in [0.1, 0.15) is 71.1 Å². The second-order valence-corrected chi connectivity index (χ2v) is 15.4. The van der Waals surface area contributed by atoms with Gasteiger partial charge in [0.2, 0.25) is 5.91 Å². The first-order valence-corrected chi connectivity index (χ1v) is 18.0. The van der Waals surface area contributed by atoms with Crippen molar-refractivity contribution in [3.8, 4) is 22.6 Å². The summed E-state index contributed by atoms with van der Waals surface area (Å²) in [7, 11) is -0.367. The Kier molecular flexibility index (Phi) is 8.67. The molecular weight excluding hydrogens is 557 g/mol. The first-order chi connectivity index (χ1) is 21.7. The largest absolute Gasteiger partial charge is 0.455 e. The number of hydrogen-bond acceptors (Lipinski definition) is 2. The van der Waals surface area contributed by atoms with Gasteiger partial charge in [0.05, 0.1) is 5.69 Å². The van der Waals surface area contributed by atoms with Crippen molar-refractivity contribution in [2.24, 2.45) is 0 Å². The zero-order chi connectivity index (χ0) is 29.9. The second kappa shape index (κ2) is 13.1. The third kappa shape index (κ3) is 5.87. The molecule has 2 aliphatic carbocycles. The van der Waals surface area contributed by atoms with Gasteiger partial charge in [0, 0.05) is 18.1 Å². The Morgan fingerprint density at radius 3 is 1.80 bits per heavy atom. The van der Waals surface area contributed by atoms with Gasteiger partial charge in [-0.05, 0) is 82.0 Å². The number of carbonyl (C=O) groups is 1. The normalized spacial score (nSPS) is 16.4. The Labute approximate surface area is 262 Å². The summed E-state index contributed by atoms with van der Waals surface area (Å²) in [6.07, 6.45) is 13.6. The second-order valence-electron chi connectivity index (χ2n) is 12.6. The monoisotopic (exact) mass is 599 g/mol. The smallest absolute Gasteiger partial charge is 0.221 e. The Hall–Kier alpha value is -3.68. The number of ether oxygens (including phenoxy) is 1. The molecule has 0 heterocycles. The van der Waals surface area contributed by atoms with Crippen molar-refractivity contribution >= 4 is 46.4 Å². The first kappa shape index (κ1) is 29.1. The van der Waals surface area contributed by atoms with E-state index < -0.39 is 0 Å². The molecule has 0 aromatic heterocycles. The number of anilines is 1. The Bertz CT molecular complexity index is 1770. The van der Waals surface area contributed by atoms with Crippen molar-refractivity contribution in [3.05, 3.63) is 97.1 Å². The molecular formula is C40H42NO2P. The van der Waals surface area contributed by atoms with Crippen molar-refractivity contribution < 1.29 is 9.53 Å². The number of benzene rings is 5. The van der Waals surface area contributed by atoms with Gasteiger partial charge in [-0.3, -0.25) is 4.79 Å². The van der Waals surface area contributed by atoms with Gasteiger partial charge in [0.1, 0.15) is 5.75 Å². The lowest BCUT2D eigenvalue weighted by molar-refractivity contribution is -0.114. The summed E-state index contributed by atoms with van der Waals surface area (Å²) in [5.74, 6) is 1.38. The van der Waals surface area contributed by atoms with E-state index >= 15 is 0 Å². The molecule has 0 bridgehead atoms. The fourth-order valence-corrected chi connectivity index (χ4v) is 11.7. The van der Waals surface area contributed by atoms with Crippen LogP contribution in [0.5, 0.6) is 11.5 Å². The fourth-order valence-electron chi connectivity index (χ4n) is 7.71. The molecule has 224 valence electrons. The van der Waals surface area contributed by atoms with Crippen LogP contribution in [0.3, 0.4) is 0 Å². The van der Waals surface area contributed by atoms with Crippen molar-refractivity contribution in [2.45, 2.75) is 82.4 Å². The maximum atomic E-state index is 12.1. The summed E-state index contributed by atoms with van der Waals surface area (Å²) in [5.41, 5.74) is 4.77. The van der Waals surface area contributed by atoms with E-state index in [9.17, 15) is 4.79 Å². The van der Waals surface area contributed by atoms with Crippen molar-refractivity contribution in [2.75, 3.05) is 5.32 Å². The van der Waals surface area contributed by atoms with Gasteiger partial charge in [-0.25, -0.2) is 0 Å². The Morgan fingerprint density at radius 2 is 1.16 bits per heavy atom. The van der Waals surface area contributed by atoms with Gasteiger partial charge in [-0.1, -0.05) is 125 Å². The van der Waals surface area contributed by atoms with E-state index in [4.69, 9.17) is 4.74 Å². The molecule has 0 aliphatic heterocycles. The van der Waals surface area contributed by atoms with Crippen LogP contribution in [0.2, 0.25) is 0 Å². The van der Waals surface area contributed by atoms with E-state index in [1.165, 1.54) is 96.9 Å². The third-order valence-corrected chi connectivity index (χ3v) is 13.2. The highest BCUT2D eigenvalue weighted by molar-refractivity contribution is 7.67. The average Bonchev–Trinajstić information content (AvgIpc) is 3.06. The molecule has 0 spiro atoms. The van der Waals surface area contributed by atoms with Crippen molar-refractivity contribution in [3.63, 3.8) is 0 Å². The van der Waals surface area contributed by atoms with Gasteiger partial charge in [-0.2, -0.15) is 0 Å². The third-order valence-electron chi connectivity index (χ3n) is 9.68. The van der Waals surface area contributed by atoms with Crippen LogP contribution < -0.4 is 15.4 Å². The Balaban J connectivity index is 1.49. The number of nitrogens with one attached hydrogen (secondary N) is 1. The molecule has 5 aromatic rings. The lowest BCUT2D eigenvalue weighted by Gasteiger charge is -2.40. The molecule has 44 heavy (non-hydrogen) atoms. The highest BCUT2D eigenvalue weighted by Crippen LogP contribution is 2.58. The predicted molar refractivity (Wildman–Crippen MR) is 188 cm³/mol. The highest BCUT2D eigenvalue weighted by atomic mass is 31.1. The first-order valence-electron chi connectivity index (χ1n) is 16.5. The summed E-state index contributed by atoms with van der Waals surface area (Å²) < 4.78 is 6.87. The minimum Gasteiger partial charge on any atom is -0.455 e. The van der Waals surface area contributed by atoms with Crippen LogP contribution in [-0.4, -0.2) is 17.2 Å². The number of hydrogen-bond donors (Lipinski definition) is 1. The SMILES string of the molecule is CC(=O)Nc1ccccc1Oc1ccc2ccccc2c1-c1c(P(C2CCCCC2)C2CCCCC2)ccc2ccccc12. The zero-order valence-electron chi connectivity index (χ0n) is 25.7. The molecule has 0 atom stereocenters. The lowest BCUT2D eigenvalue weighted by Crippen LogP contribution is -2.27. The minimum absolute atomic E-state index is 0.110. The van der Waals surface area contributed by atoms with Gasteiger partial charge >= 0.3 is 0 Å². The topological polar surface area (TPSA) is 38.3 Å². The molecule has 7 rings (SSSR count). The van der Waals surface area contributed by atoms with Crippen molar-refractivity contribution in [1.82, 2.24) is 0 Å². The van der Waals surface area contributed by atoms with Crippen LogP contribution in [0.4, 0.5) is 5.69 Å². The molecule has 0 radical (unpaired) electrons. The van der Waals surface area contributed by atoms with Crippen LogP contribution in [-0.2, 0) is 4.79 Å². The number of fused-ring (bicyclic) bond motifs is 2. The standard InChI is InChI=1S/C40H42NO2P/c1-28(42)41-35-22-12-13-23-36(35)43-37-26-24-29-14-8-10-20-33(29)39(37)40-34-21-11-9-15-30(34)25-27-38(40)44(31-16-4-2-5-17-31)32-18-6-3-7-19-32/h8-15,20-27,31-32H,2-7,16-19H2,1H3,(H,41,42). The van der Waals surface area contributed by atoms with E-state index in [1.54, 1.807) is 12.2 Å². The van der Waals surface area contributed by atoms with E-state index in [1.807, 2.05) is 24.3 Å². The van der Waals surface area contributed by atoms with Crippen LogP contribution >= 0.6 is 7.92 Å². The molecule has 2 fully saturated rings. The number of carbonyl (C=O) groups excluding carboxylic acids is 1. The van der Waals surface area contributed by atoms with Crippen molar-refractivity contribution in [1.29, 1.82) is 0 Å². The number of para-hydroxylation sites is 2. The fraction of sp³-hybridized carbons (Fsp3) is 0.325. The number of rotatable bonds is 7. The molecule has 2 aliphatic rings. The molecule has 1 N–H and O–H groups in total. The number of amides is 1. The average molecular weight is 600 g/mol. The highest BCUT2D eigenvalue weighted by Gasteiger charge is 2.35. The summed E-state index contributed by atoms with van der Waals surface area (Å²) in [6.45, 7) is 1.54. The summed E-state index contributed by atoms with van der Waals surface area (Å²) >= 11 is 0. The lowest BCUT2D eigenvalue weighted by atomic mass is 9.93. The van der Waals surface area contributed by atoms with E-state index in [0.29, 0.717) is 11.4 Å². The maximum Gasteiger partial charge on any atom is 0.221 e. The summed E-state index contributed by atoms with van der Waals surface area (Å²) in [6, 6.07) is 34.6. The van der Waals surface area contributed by atoms with E-state index in [-0.39, 0.29) is 13.8 Å². The van der Waals surface area contributed by atoms with Gasteiger partial charge in [0.15, 0.2) is 5.75 Å². The molecule has 0 unspecified atom stereocenters. The summed E-state index contributed by atoms with van der Waals surface area (Å²) in [5, 5.41) is 9.54. The Morgan fingerprint density at radius 1 is 0.614 bits per heavy atom. The molecule has 2 saturated carbocycles. The minimum atomic E-state index is -0.367. The molecule has 1 amide bonds. The van der Waals surface area contributed by atoms with Crippen LogP contribution in [0, 0.1) is 0 Å². The molecule has 4 heteroatoms. The van der Waals surface area contributed by atoms with E-state index in [2.05, 4.69) is 78.1 Å². The zero-order valence-corrected chi connectivity index (χ0v) is 26.6. The van der Waals surface area contributed by atoms with Crippen LogP contribution in [0.25, 0.3) is 32.7 Å². The molecule has 3 nitrogen and oxygen atoms in total. The summed E-state index contributed by atoms with van der Waals surface area (Å²) in [4.78, 5) is 12.1. The van der Waals surface area contributed by atoms with Gasteiger partial charge in [0.25, 0.3) is 0 Å². The predicted octanol–water partition coefficient (Wildman–Crippen LogP) is 11.2. The van der Waals surface area contributed by atoms with Gasteiger partial charge < -0.3 is 10.1 Å². The quantitative estimate of drug-likeness (QED) is 0.189. The molecule has 5 aromatic carbocycles. The maximum absolute atomic E-state index is 12.1.